The Morgan fingerprint density at radius 1 is 1.69 bits per heavy atom. The summed E-state index contributed by atoms with van der Waals surface area (Å²) in [5, 5.41) is 4.65. The molecule has 16 heavy (non-hydrogen) atoms. The second kappa shape index (κ2) is 6.05. The van der Waals surface area contributed by atoms with E-state index in [0.717, 1.165) is 17.3 Å². The highest BCUT2D eigenvalue weighted by Gasteiger charge is 2.27. The lowest BCUT2D eigenvalue weighted by Gasteiger charge is -2.35. The molecule has 1 aliphatic rings. The lowest BCUT2D eigenvalue weighted by Crippen LogP contribution is -2.48. The molecule has 3 unspecified atom stereocenters. The van der Waals surface area contributed by atoms with Gasteiger partial charge in [-0.1, -0.05) is 18.7 Å². The largest absolute Gasteiger partial charge is 0.360 e. The summed E-state index contributed by atoms with van der Waals surface area (Å²) in [4.78, 5) is 4.52. The van der Waals surface area contributed by atoms with E-state index in [9.17, 15) is 4.21 Å². The smallest absolute Gasteiger partial charge is 0.157 e. The zero-order valence-corrected chi connectivity index (χ0v) is 12.2. The minimum atomic E-state index is -0.780. The molecule has 1 N–H and O–H groups in total. The third-order valence-corrected chi connectivity index (χ3v) is 5.34. The van der Waals surface area contributed by atoms with Gasteiger partial charge < -0.3 is 5.32 Å². The van der Waals surface area contributed by atoms with Crippen LogP contribution in [0.4, 0.5) is 0 Å². The molecule has 0 aromatic rings. The molecule has 0 aliphatic carbocycles. The Balaban J connectivity index is 2.53. The SMILES string of the molecule is CCC1(C)CCSC(=NCC(C)S(C)=O)N1. The highest BCUT2D eigenvalue weighted by atomic mass is 32.2. The van der Waals surface area contributed by atoms with Crippen LogP contribution in [-0.4, -0.2) is 38.7 Å². The van der Waals surface area contributed by atoms with Gasteiger partial charge in [-0.3, -0.25) is 9.20 Å². The first-order chi connectivity index (χ1) is 7.47. The average molecular weight is 262 g/mol. The van der Waals surface area contributed by atoms with Crippen LogP contribution in [0.2, 0.25) is 0 Å². The van der Waals surface area contributed by atoms with Crippen molar-refractivity contribution in [3.8, 4) is 0 Å². The molecule has 1 fully saturated rings. The van der Waals surface area contributed by atoms with Gasteiger partial charge >= 0.3 is 0 Å². The second-order valence-corrected chi connectivity index (χ2v) is 7.48. The Kier molecular flexibility index (Phi) is 5.31. The Hall–Kier alpha value is -0.0300. The van der Waals surface area contributed by atoms with E-state index in [1.165, 1.54) is 6.42 Å². The van der Waals surface area contributed by atoms with E-state index < -0.39 is 10.8 Å². The van der Waals surface area contributed by atoms with Gasteiger partial charge in [0, 0.05) is 28.3 Å². The molecule has 0 radical (unpaired) electrons. The zero-order chi connectivity index (χ0) is 12.2. The summed E-state index contributed by atoms with van der Waals surface area (Å²) >= 11 is 1.77. The van der Waals surface area contributed by atoms with Gasteiger partial charge in [-0.25, -0.2) is 0 Å². The van der Waals surface area contributed by atoms with Crippen LogP contribution in [0.3, 0.4) is 0 Å². The molecule has 3 atom stereocenters. The molecule has 1 heterocycles. The fourth-order valence-corrected chi connectivity index (χ4v) is 2.91. The summed E-state index contributed by atoms with van der Waals surface area (Å²) in [5.41, 5.74) is 0.193. The predicted octanol–water partition coefficient (Wildman–Crippen LogP) is 2.00. The first kappa shape index (κ1) is 14.0. The summed E-state index contributed by atoms with van der Waals surface area (Å²) in [6.07, 6.45) is 4.03. The van der Waals surface area contributed by atoms with Crippen LogP contribution in [0.1, 0.15) is 33.6 Å². The second-order valence-electron chi connectivity index (χ2n) is 4.59. The van der Waals surface area contributed by atoms with Crippen molar-refractivity contribution in [3.63, 3.8) is 0 Å². The molecule has 0 saturated carbocycles. The van der Waals surface area contributed by atoms with Crippen molar-refractivity contribution in [2.75, 3.05) is 18.6 Å². The molecular weight excluding hydrogens is 240 g/mol. The number of aliphatic imine (C=N–C) groups is 1. The van der Waals surface area contributed by atoms with E-state index in [0.29, 0.717) is 6.54 Å². The van der Waals surface area contributed by atoms with Gasteiger partial charge in [-0.2, -0.15) is 0 Å². The molecule has 3 nitrogen and oxygen atoms in total. The normalized spacial score (nSPS) is 32.1. The van der Waals surface area contributed by atoms with E-state index in [1.807, 2.05) is 6.92 Å². The molecule has 0 bridgehead atoms. The van der Waals surface area contributed by atoms with Crippen LogP contribution in [0.25, 0.3) is 0 Å². The van der Waals surface area contributed by atoms with Crippen LogP contribution < -0.4 is 5.32 Å². The van der Waals surface area contributed by atoms with Crippen molar-refractivity contribution in [3.05, 3.63) is 0 Å². The highest BCUT2D eigenvalue weighted by Crippen LogP contribution is 2.24. The fourth-order valence-electron chi connectivity index (χ4n) is 1.40. The summed E-state index contributed by atoms with van der Waals surface area (Å²) in [6.45, 7) is 7.07. The van der Waals surface area contributed by atoms with Gasteiger partial charge in [0.2, 0.25) is 0 Å². The summed E-state index contributed by atoms with van der Waals surface area (Å²) in [7, 11) is -0.780. The molecule has 1 saturated heterocycles. The molecule has 0 spiro atoms. The molecule has 5 heteroatoms. The third kappa shape index (κ3) is 4.09. The monoisotopic (exact) mass is 262 g/mol. The lowest BCUT2D eigenvalue weighted by atomic mass is 9.96. The fraction of sp³-hybridized carbons (Fsp3) is 0.909. The zero-order valence-electron chi connectivity index (χ0n) is 10.6. The number of thioether (sulfide) groups is 1. The molecular formula is C11H22N2OS2. The Morgan fingerprint density at radius 2 is 2.38 bits per heavy atom. The molecule has 1 rings (SSSR count). The van der Waals surface area contributed by atoms with Crippen molar-refractivity contribution in [2.45, 2.75) is 44.4 Å². The average Bonchev–Trinajstić information content (AvgIpc) is 2.26. The molecule has 0 aromatic heterocycles. The number of amidine groups is 1. The van der Waals surface area contributed by atoms with Gasteiger partial charge in [-0.05, 0) is 26.7 Å². The lowest BCUT2D eigenvalue weighted by molar-refractivity contribution is 0.390. The topological polar surface area (TPSA) is 41.5 Å². The first-order valence-electron chi connectivity index (χ1n) is 5.74. The van der Waals surface area contributed by atoms with Gasteiger partial charge in [-0.15, -0.1) is 0 Å². The number of rotatable bonds is 4. The summed E-state index contributed by atoms with van der Waals surface area (Å²) < 4.78 is 11.2. The Labute approximate surface area is 105 Å². The Morgan fingerprint density at radius 3 is 2.94 bits per heavy atom. The van der Waals surface area contributed by atoms with Crippen molar-refractivity contribution in [1.29, 1.82) is 0 Å². The maximum atomic E-state index is 11.2. The number of nitrogens with zero attached hydrogens (tertiary/aromatic N) is 1. The van der Waals surface area contributed by atoms with Gasteiger partial charge in [0.1, 0.15) is 0 Å². The molecule has 0 aromatic carbocycles. The maximum Gasteiger partial charge on any atom is 0.157 e. The van der Waals surface area contributed by atoms with E-state index in [1.54, 1.807) is 18.0 Å². The van der Waals surface area contributed by atoms with E-state index >= 15 is 0 Å². The molecule has 0 amide bonds. The standard InChI is InChI=1S/C11H22N2OS2/c1-5-11(3)6-7-15-10(13-11)12-8-9(2)16(4)14/h9H,5-8H2,1-4H3,(H,12,13). The van der Waals surface area contributed by atoms with Gasteiger partial charge in [0.25, 0.3) is 0 Å². The molecule has 94 valence electrons. The number of nitrogens with one attached hydrogen (secondary N) is 1. The summed E-state index contributed by atoms with van der Waals surface area (Å²) in [6, 6.07) is 0. The van der Waals surface area contributed by atoms with Crippen LogP contribution in [-0.2, 0) is 10.8 Å². The maximum absolute atomic E-state index is 11.2. The van der Waals surface area contributed by atoms with Crippen LogP contribution in [0, 0.1) is 0 Å². The molecule has 1 aliphatic heterocycles. The van der Waals surface area contributed by atoms with Crippen LogP contribution >= 0.6 is 11.8 Å². The van der Waals surface area contributed by atoms with Crippen molar-refractivity contribution in [2.24, 2.45) is 4.99 Å². The van der Waals surface area contributed by atoms with Crippen molar-refractivity contribution < 1.29 is 4.21 Å². The van der Waals surface area contributed by atoms with Gasteiger partial charge in [0.15, 0.2) is 5.17 Å². The minimum Gasteiger partial charge on any atom is -0.360 e. The van der Waals surface area contributed by atoms with Crippen molar-refractivity contribution in [1.82, 2.24) is 5.32 Å². The number of hydrogen-bond acceptors (Lipinski definition) is 3. The van der Waals surface area contributed by atoms with E-state index in [4.69, 9.17) is 0 Å². The predicted molar refractivity (Wildman–Crippen MR) is 74.7 cm³/mol. The van der Waals surface area contributed by atoms with E-state index in [2.05, 4.69) is 24.2 Å². The Bertz CT molecular complexity index is 294. The van der Waals surface area contributed by atoms with Gasteiger partial charge in [0.05, 0.1) is 11.8 Å². The third-order valence-electron chi connectivity index (χ3n) is 3.14. The summed E-state index contributed by atoms with van der Waals surface area (Å²) in [5.74, 6) is 1.12. The first-order valence-corrected chi connectivity index (χ1v) is 8.35. The van der Waals surface area contributed by atoms with Crippen LogP contribution in [0.15, 0.2) is 4.99 Å². The minimum absolute atomic E-state index is 0.143. The number of hydrogen-bond donors (Lipinski definition) is 1. The van der Waals surface area contributed by atoms with Crippen LogP contribution in [0.5, 0.6) is 0 Å². The van der Waals surface area contributed by atoms with E-state index in [-0.39, 0.29) is 10.8 Å². The van der Waals surface area contributed by atoms with Crippen molar-refractivity contribution >= 4 is 27.7 Å². The highest BCUT2D eigenvalue weighted by molar-refractivity contribution is 8.13. The quantitative estimate of drug-likeness (QED) is 0.842.